The van der Waals surface area contributed by atoms with E-state index in [2.05, 4.69) is 15.6 Å². The van der Waals surface area contributed by atoms with E-state index in [9.17, 15) is 8.78 Å². The highest BCUT2D eigenvalue weighted by molar-refractivity contribution is 5.41. The van der Waals surface area contributed by atoms with Crippen molar-refractivity contribution in [1.29, 1.82) is 0 Å². The number of rotatable bonds is 5. The SMILES string of the molecule is COc1c(F)ccc(CNNc2ccccc2)c1F. The number of hydrogen-bond acceptors (Lipinski definition) is 3. The van der Waals surface area contributed by atoms with Gasteiger partial charge in [0, 0.05) is 17.8 Å². The van der Waals surface area contributed by atoms with E-state index < -0.39 is 11.6 Å². The normalized spacial score (nSPS) is 10.3. The fourth-order valence-corrected chi connectivity index (χ4v) is 1.66. The molecule has 0 aliphatic rings. The van der Waals surface area contributed by atoms with Crippen LogP contribution in [0.4, 0.5) is 14.5 Å². The molecule has 2 rings (SSSR count). The van der Waals surface area contributed by atoms with Crippen LogP contribution in [-0.4, -0.2) is 7.11 Å². The molecule has 0 fully saturated rings. The van der Waals surface area contributed by atoms with Gasteiger partial charge in [-0.25, -0.2) is 14.2 Å². The lowest BCUT2D eigenvalue weighted by Crippen LogP contribution is -2.21. The molecule has 2 N–H and O–H groups in total. The van der Waals surface area contributed by atoms with Crippen LogP contribution >= 0.6 is 0 Å². The van der Waals surface area contributed by atoms with Gasteiger partial charge < -0.3 is 10.2 Å². The first-order valence-corrected chi connectivity index (χ1v) is 5.77. The van der Waals surface area contributed by atoms with Crippen LogP contribution in [0.3, 0.4) is 0 Å². The molecule has 0 saturated heterocycles. The smallest absolute Gasteiger partial charge is 0.190 e. The highest BCUT2D eigenvalue weighted by atomic mass is 19.1. The summed E-state index contributed by atoms with van der Waals surface area (Å²) in [7, 11) is 1.24. The molecule has 0 bridgehead atoms. The fourth-order valence-electron chi connectivity index (χ4n) is 1.66. The number of hydrazine groups is 1. The zero-order valence-electron chi connectivity index (χ0n) is 10.4. The van der Waals surface area contributed by atoms with E-state index in [4.69, 9.17) is 0 Å². The molecule has 2 aromatic rings. The van der Waals surface area contributed by atoms with Gasteiger partial charge in [0.05, 0.1) is 7.11 Å². The molecule has 0 aromatic heterocycles. The van der Waals surface area contributed by atoms with Crippen molar-refractivity contribution >= 4 is 5.69 Å². The maximum Gasteiger partial charge on any atom is 0.190 e. The number of benzene rings is 2. The van der Waals surface area contributed by atoms with Gasteiger partial charge in [0.25, 0.3) is 0 Å². The molecule has 0 spiro atoms. The van der Waals surface area contributed by atoms with Gasteiger partial charge in [0.1, 0.15) is 0 Å². The van der Waals surface area contributed by atoms with E-state index >= 15 is 0 Å². The first kappa shape index (κ1) is 13.3. The molecule has 0 unspecified atom stereocenters. The average Bonchev–Trinajstić information content (AvgIpc) is 2.43. The van der Waals surface area contributed by atoms with Crippen molar-refractivity contribution < 1.29 is 13.5 Å². The second-order valence-electron chi connectivity index (χ2n) is 3.90. The fraction of sp³-hybridized carbons (Fsp3) is 0.143. The molecule has 0 saturated carbocycles. The van der Waals surface area contributed by atoms with Gasteiger partial charge in [-0.05, 0) is 18.2 Å². The van der Waals surface area contributed by atoms with Gasteiger partial charge in [0.2, 0.25) is 0 Å². The van der Waals surface area contributed by atoms with Crippen molar-refractivity contribution in [3.8, 4) is 5.75 Å². The molecule has 0 heterocycles. The summed E-state index contributed by atoms with van der Waals surface area (Å²) in [5, 5.41) is 0. The number of ether oxygens (including phenoxy) is 1. The summed E-state index contributed by atoms with van der Waals surface area (Å²) in [4.78, 5) is 0. The largest absolute Gasteiger partial charge is 0.491 e. The van der Waals surface area contributed by atoms with Crippen LogP contribution < -0.4 is 15.6 Å². The van der Waals surface area contributed by atoms with Crippen molar-refractivity contribution in [3.05, 3.63) is 59.7 Å². The van der Waals surface area contributed by atoms with Gasteiger partial charge >= 0.3 is 0 Å². The van der Waals surface area contributed by atoms with Crippen LogP contribution in [-0.2, 0) is 6.54 Å². The summed E-state index contributed by atoms with van der Waals surface area (Å²) in [5.74, 6) is -1.76. The van der Waals surface area contributed by atoms with Crippen molar-refractivity contribution in [1.82, 2.24) is 5.43 Å². The minimum atomic E-state index is -0.709. The number of anilines is 1. The summed E-state index contributed by atoms with van der Waals surface area (Å²) in [5.41, 5.74) is 6.96. The Morgan fingerprint density at radius 2 is 1.79 bits per heavy atom. The Labute approximate surface area is 110 Å². The average molecular weight is 264 g/mol. The Balaban J connectivity index is 2.00. The number of hydrogen-bond donors (Lipinski definition) is 2. The predicted octanol–water partition coefficient (Wildman–Crippen LogP) is 3.09. The highest BCUT2D eigenvalue weighted by Crippen LogP contribution is 2.24. The molecule has 0 radical (unpaired) electrons. The number of halogens is 2. The third kappa shape index (κ3) is 3.20. The van der Waals surface area contributed by atoms with Gasteiger partial charge in [-0.15, -0.1) is 0 Å². The summed E-state index contributed by atoms with van der Waals surface area (Å²) in [6.07, 6.45) is 0. The molecule has 0 aliphatic carbocycles. The molecular formula is C14H14F2N2O. The van der Waals surface area contributed by atoms with Crippen molar-refractivity contribution in [3.63, 3.8) is 0 Å². The van der Waals surface area contributed by atoms with Crippen molar-refractivity contribution in [2.45, 2.75) is 6.54 Å². The van der Waals surface area contributed by atoms with Crippen molar-refractivity contribution in [2.24, 2.45) is 0 Å². The summed E-state index contributed by atoms with van der Waals surface area (Å²) >= 11 is 0. The summed E-state index contributed by atoms with van der Waals surface area (Å²) in [6, 6.07) is 12.0. The molecule has 2 aromatic carbocycles. The molecule has 0 atom stereocenters. The monoisotopic (exact) mass is 264 g/mol. The zero-order valence-corrected chi connectivity index (χ0v) is 10.4. The van der Waals surface area contributed by atoms with E-state index in [-0.39, 0.29) is 12.3 Å². The van der Waals surface area contributed by atoms with Crippen molar-refractivity contribution in [2.75, 3.05) is 12.5 Å². The first-order chi connectivity index (χ1) is 9.22. The maximum absolute atomic E-state index is 13.8. The van der Waals surface area contributed by atoms with E-state index in [0.717, 1.165) is 5.69 Å². The zero-order chi connectivity index (χ0) is 13.7. The van der Waals surface area contributed by atoms with Crippen LogP contribution in [0.5, 0.6) is 5.75 Å². The summed E-state index contributed by atoms with van der Waals surface area (Å²) < 4.78 is 31.7. The van der Waals surface area contributed by atoms with Crippen LogP contribution in [0, 0.1) is 11.6 Å². The second-order valence-corrected chi connectivity index (χ2v) is 3.90. The minimum Gasteiger partial charge on any atom is -0.491 e. The molecule has 5 heteroatoms. The van der Waals surface area contributed by atoms with Crippen LogP contribution in [0.2, 0.25) is 0 Å². The number of para-hydroxylation sites is 1. The van der Waals surface area contributed by atoms with Crippen LogP contribution in [0.1, 0.15) is 5.56 Å². The lowest BCUT2D eigenvalue weighted by Gasteiger charge is -2.11. The quantitative estimate of drug-likeness (QED) is 0.814. The minimum absolute atomic E-state index is 0.206. The Kier molecular flexibility index (Phi) is 4.30. The Bertz CT molecular complexity index is 547. The standard InChI is InChI=1S/C14H14F2N2O/c1-19-14-12(15)8-7-10(13(14)16)9-17-18-11-5-3-2-4-6-11/h2-8,17-18H,9H2,1H3. The van der Waals surface area contributed by atoms with E-state index in [1.807, 2.05) is 30.3 Å². The van der Waals surface area contributed by atoms with Crippen LogP contribution in [0.15, 0.2) is 42.5 Å². The third-order valence-electron chi connectivity index (χ3n) is 2.62. The summed E-state index contributed by atoms with van der Waals surface area (Å²) in [6.45, 7) is 0.206. The molecule has 19 heavy (non-hydrogen) atoms. The van der Waals surface area contributed by atoms with Gasteiger partial charge in [-0.3, -0.25) is 0 Å². The number of nitrogens with one attached hydrogen (secondary N) is 2. The molecular weight excluding hydrogens is 250 g/mol. The molecule has 100 valence electrons. The predicted molar refractivity (Wildman–Crippen MR) is 69.8 cm³/mol. The lowest BCUT2D eigenvalue weighted by molar-refractivity contribution is 0.357. The Hall–Kier alpha value is -2.14. The Morgan fingerprint density at radius 1 is 1.05 bits per heavy atom. The van der Waals surface area contributed by atoms with Gasteiger partial charge in [-0.2, -0.15) is 0 Å². The second kappa shape index (κ2) is 6.15. The molecule has 0 amide bonds. The van der Waals surface area contributed by atoms with E-state index in [1.54, 1.807) is 0 Å². The number of methoxy groups -OCH3 is 1. The highest BCUT2D eigenvalue weighted by Gasteiger charge is 2.13. The van der Waals surface area contributed by atoms with E-state index in [0.29, 0.717) is 5.56 Å². The lowest BCUT2D eigenvalue weighted by atomic mass is 10.2. The van der Waals surface area contributed by atoms with Gasteiger partial charge in [0.15, 0.2) is 17.4 Å². The van der Waals surface area contributed by atoms with Gasteiger partial charge in [-0.1, -0.05) is 24.3 Å². The Morgan fingerprint density at radius 3 is 2.47 bits per heavy atom. The molecule has 3 nitrogen and oxygen atoms in total. The third-order valence-corrected chi connectivity index (χ3v) is 2.62. The van der Waals surface area contributed by atoms with E-state index in [1.165, 1.54) is 19.2 Å². The molecule has 0 aliphatic heterocycles. The maximum atomic E-state index is 13.8. The topological polar surface area (TPSA) is 33.3 Å². The van der Waals surface area contributed by atoms with Crippen LogP contribution in [0.25, 0.3) is 0 Å². The first-order valence-electron chi connectivity index (χ1n) is 5.77.